The van der Waals surface area contributed by atoms with Crippen LogP contribution < -0.4 is 0 Å². The predicted octanol–water partition coefficient (Wildman–Crippen LogP) is 3.95. The molecule has 2 aromatic carbocycles. The van der Waals surface area contributed by atoms with Crippen LogP contribution in [-0.4, -0.2) is 48.1 Å². The van der Waals surface area contributed by atoms with Gasteiger partial charge in [-0.2, -0.15) is 0 Å². The molecule has 24 heavy (non-hydrogen) atoms. The van der Waals surface area contributed by atoms with Crippen molar-refractivity contribution >= 4 is 29.3 Å². The predicted molar refractivity (Wildman–Crippen MR) is 101 cm³/mol. The number of hydrogen-bond donors (Lipinski definition) is 0. The molecule has 1 aliphatic heterocycles. The number of thioether (sulfide) groups is 1. The quantitative estimate of drug-likeness (QED) is 0.771. The molecule has 0 aliphatic carbocycles. The number of likely N-dealkylation sites (N-methyl/N-ethyl adjacent to an activating group) is 1. The minimum Gasteiger partial charge on any atom is -0.332 e. The molecular weight excluding hydrogens is 340 g/mol. The molecule has 0 spiro atoms. The molecular formula is C19H21ClN2OS. The molecule has 0 aromatic heterocycles. The van der Waals surface area contributed by atoms with Crippen molar-refractivity contribution in [3.05, 3.63) is 65.2 Å². The molecule has 126 valence electrons. The van der Waals surface area contributed by atoms with E-state index in [0.29, 0.717) is 10.8 Å². The van der Waals surface area contributed by atoms with Gasteiger partial charge in [0.25, 0.3) is 0 Å². The molecule has 1 fully saturated rings. The van der Waals surface area contributed by atoms with E-state index in [1.807, 2.05) is 47.4 Å². The van der Waals surface area contributed by atoms with E-state index in [9.17, 15) is 4.79 Å². The van der Waals surface area contributed by atoms with Crippen molar-refractivity contribution in [2.45, 2.75) is 10.9 Å². The fourth-order valence-corrected chi connectivity index (χ4v) is 4.09. The Morgan fingerprint density at radius 3 is 2.58 bits per heavy atom. The van der Waals surface area contributed by atoms with Crippen molar-refractivity contribution in [2.75, 3.05) is 32.4 Å². The zero-order chi connectivity index (χ0) is 16.9. The molecule has 0 N–H and O–H groups in total. The van der Waals surface area contributed by atoms with Crippen LogP contribution in [0.5, 0.6) is 0 Å². The first-order valence-electron chi connectivity index (χ1n) is 8.05. The van der Waals surface area contributed by atoms with Gasteiger partial charge in [-0.05, 0) is 24.7 Å². The number of carbonyl (C=O) groups excluding carboxylic acids is 1. The first-order chi connectivity index (χ1) is 11.6. The molecule has 1 aliphatic rings. The SMILES string of the molecule is CN1CCN(C(=O)CSc2ccccc2Cl)C(c2ccccc2)C1. The Morgan fingerprint density at radius 1 is 1.12 bits per heavy atom. The van der Waals surface area contributed by atoms with Gasteiger partial charge in [0.15, 0.2) is 0 Å². The number of nitrogens with zero attached hydrogens (tertiary/aromatic N) is 2. The largest absolute Gasteiger partial charge is 0.332 e. The van der Waals surface area contributed by atoms with Crippen LogP contribution in [0.2, 0.25) is 5.02 Å². The zero-order valence-electron chi connectivity index (χ0n) is 13.7. The summed E-state index contributed by atoms with van der Waals surface area (Å²) < 4.78 is 0. The summed E-state index contributed by atoms with van der Waals surface area (Å²) in [6.07, 6.45) is 0. The maximum Gasteiger partial charge on any atom is 0.233 e. The van der Waals surface area contributed by atoms with Crippen molar-refractivity contribution in [2.24, 2.45) is 0 Å². The van der Waals surface area contributed by atoms with Gasteiger partial charge in [-0.3, -0.25) is 4.79 Å². The Morgan fingerprint density at radius 2 is 1.83 bits per heavy atom. The van der Waals surface area contributed by atoms with Gasteiger partial charge in [0.1, 0.15) is 0 Å². The summed E-state index contributed by atoms with van der Waals surface area (Å²) in [5, 5.41) is 0.702. The third-order valence-corrected chi connectivity index (χ3v) is 5.78. The van der Waals surface area contributed by atoms with Gasteiger partial charge in [-0.25, -0.2) is 0 Å². The Hall–Kier alpha value is -1.49. The van der Waals surface area contributed by atoms with Crippen LogP contribution in [0, 0.1) is 0 Å². The van der Waals surface area contributed by atoms with Crippen molar-refractivity contribution in [3.63, 3.8) is 0 Å². The first kappa shape index (κ1) is 17.3. The van der Waals surface area contributed by atoms with E-state index in [4.69, 9.17) is 11.6 Å². The highest BCUT2D eigenvalue weighted by molar-refractivity contribution is 8.00. The summed E-state index contributed by atoms with van der Waals surface area (Å²) in [6, 6.07) is 18.1. The van der Waals surface area contributed by atoms with Crippen molar-refractivity contribution in [1.82, 2.24) is 9.80 Å². The first-order valence-corrected chi connectivity index (χ1v) is 9.42. The Balaban J connectivity index is 1.71. The highest BCUT2D eigenvalue weighted by atomic mass is 35.5. The molecule has 2 aromatic rings. The molecule has 5 heteroatoms. The fraction of sp³-hybridized carbons (Fsp3) is 0.316. The van der Waals surface area contributed by atoms with Gasteiger partial charge < -0.3 is 9.80 Å². The molecule has 1 amide bonds. The van der Waals surface area contributed by atoms with Gasteiger partial charge in [-0.15, -0.1) is 11.8 Å². The number of amides is 1. The summed E-state index contributed by atoms with van der Waals surface area (Å²) in [5.41, 5.74) is 1.19. The van der Waals surface area contributed by atoms with Crippen LogP contribution in [0.1, 0.15) is 11.6 Å². The molecule has 1 saturated heterocycles. The summed E-state index contributed by atoms with van der Waals surface area (Å²) >= 11 is 7.69. The summed E-state index contributed by atoms with van der Waals surface area (Å²) in [5.74, 6) is 0.582. The smallest absolute Gasteiger partial charge is 0.233 e. The molecule has 1 unspecified atom stereocenters. The summed E-state index contributed by atoms with van der Waals surface area (Å²) in [7, 11) is 2.11. The maximum absolute atomic E-state index is 12.8. The second-order valence-corrected chi connectivity index (χ2v) is 7.42. The lowest BCUT2D eigenvalue weighted by molar-refractivity contribution is -0.133. The Kier molecular flexibility index (Phi) is 5.82. The summed E-state index contributed by atoms with van der Waals surface area (Å²) in [6.45, 7) is 2.54. The van der Waals surface area contributed by atoms with Crippen LogP contribution >= 0.6 is 23.4 Å². The second kappa shape index (κ2) is 8.06. The average molecular weight is 361 g/mol. The monoisotopic (exact) mass is 360 g/mol. The molecule has 0 saturated carbocycles. The highest BCUT2D eigenvalue weighted by Gasteiger charge is 2.29. The minimum absolute atomic E-state index is 0.115. The molecule has 1 atom stereocenters. The third kappa shape index (κ3) is 4.12. The maximum atomic E-state index is 12.8. The molecule has 1 heterocycles. The van der Waals surface area contributed by atoms with E-state index >= 15 is 0 Å². The number of halogens is 1. The van der Waals surface area contributed by atoms with Crippen LogP contribution in [-0.2, 0) is 4.79 Å². The van der Waals surface area contributed by atoms with Crippen LogP contribution in [0.15, 0.2) is 59.5 Å². The topological polar surface area (TPSA) is 23.6 Å². The van der Waals surface area contributed by atoms with E-state index in [1.165, 1.54) is 17.3 Å². The number of benzene rings is 2. The zero-order valence-corrected chi connectivity index (χ0v) is 15.3. The van der Waals surface area contributed by atoms with E-state index in [1.54, 1.807) is 0 Å². The van der Waals surface area contributed by atoms with Gasteiger partial charge in [-0.1, -0.05) is 54.1 Å². The fourth-order valence-electron chi connectivity index (χ4n) is 2.96. The highest BCUT2D eigenvalue weighted by Crippen LogP contribution is 2.29. The lowest BCUT2D eigenvalue weighted by Gasteiger charge is -2.40. The lowest BCUT2D eigenvalue weighted by Crippen LogP contribution is -2.49. The van der Waals surface area contributed by atoms with Crippen molar-refractivity contribution < 1.29 is 4.79 Å². The molecule has 0 bridgehead atoms. The van der Waals surface area contributed by atoms with Gasteiger partial charge in [0.2, 0.25) is 5.91 Å². The molecule has 0 radical (unpaired) electrons. The summed E-state index contributed by atoms with van der Waals surface area (Å²) in [4.78, 5) is 18.1. The van der Waals surface area contributed by atoms with Crippen molar-refractivity contribution in [3.8, 4) is 0 Å². The minimum atomic E-state index is 0.115. The Bertz CT molecular complexity index is 695. The van der Waals surface area contributed by atoms with Crippen LogP contribution in [0.3, 0.4) is 0 Å². The van der Waals surface area contributed by atoms with E-state index in [2.05, 4.69) is 24.1 Å². The lowest BCUT2D eigenvalue weighted by atomic mass is 10.0. The second-order valence-electron chi connectivity index (χ2n) is 5.99. The molecule has 3 rings (SSSR count). The average Bonchev–Trinajstić information content (AvgIpc) is 2.61. The van der Waals surface area contributed by atoms with E-state index < -0.39 is 0 Å². The third-order valence-electron chi connectivity index (χ3n) is 4.28. The normalized spacial score (nSPS) is 18.6. The van der Waals surface area contributed by atoms with Gasteiger partial charge >= 0.3 is 0 Å². The number of carbonyl (C=O) groups is 1. The number of hydrogen-bond acceptors (Lipinski definition) is 3. The van der Waals surface area contributed by atoms with Crippen LogP contribution in [0.4, 0.5) is 0 Å². The Labute approximate surface area is 152 Å². The standard InChI is InChI=1S/C19H21ClN2OS/c1-21-11-12-22(17(13-21)15-7-3-2-4-8-15)19(23)14-24-18-10-6-5-9-16(18)20/h2-10,17H,11-14H2,1H3. The number of rotatable bonds is 4. The van der Waals surface area contributed by atoms with Gasteiger partial charge in [0, 0.05) is 24.5 Å². The van der Waals surface area contributed by atoms with Gasteiger partial charge in [0.05, 0.1) is 16.8 Å². The van der Waals surface area contributed by atoms with E-state index in [-0.39, 0.29) is 11.9 Å². The molecule has 3 nitrogen and oxygen atoms in total. The van der Waals surface area contributed by atoms with Crippen molar-refractivity contribution in [1.29, 1.82) is 0 Å². The van der Waals surface area contributed by atoms with Crippen LogP contribution in [0.25, 0.3) is 0 Å². The van der Waals surface area contributed by atoms with E-state index in [0.717, 1.165) is 24.5 Å². The number of piperazine rings is 1.